The van der Waals surface area contributed by atoms with Crippen LogP contribution in [0, 0.1) is 0 Å². The lowest BCUT2D eigenvalue weighted by atomic mass is 10.1. The smallest absolute Gasteiger partial charge is 0.293 e. The number of rotatable bonds is 3. The number of hydrogen-bond donors (Lipinski definition) is 0. The minimum Gasteiger partial charge on any atom is -0.451 e. The van der Waals surface area contributed by atoms with Crippen LogP contribution in [-0.4, -0.2) is 13.0 Å². The Morgan fingerprint density at radius 3 is 2.52 bits per heavy atom. The van der Waals surface area contributed by atoms with Gasteiger partial charge in [-0.2, -0.15) is 0 Å². The molecular formula is C22H15Cl2NO2. The van der Waals surface area contributed by atoms with E-state index in [4.69, 9.17) is 27.6 Å². The van der Waals surface area contributed by atoms with Crippen LogP contribution in [0.4, 0.5) is 5.69 Å². The maximum Gasteiger partial charge on any atom is 0.293 e. The third-order valence-corrected chi connectivity index (χ3v) is 4.99. The van der Waals surface area contributed by atoms with Crippen molar-refractivity contribution in [1.29, 1.82) is 0 Å². The molecule has 27 heavy (non-hydrogen) atoms. The molecule has 3 nitrogen and oxygen atoms in total. The molecule has 0 aliphatic heterocycles. The van der Waals surface area contributed by atoms with Crippen molar-refractivity contribution < 1.29 is 9.21 Å². The molecule has 0 saturated carbocycles. The van der Waals surface area contributed by atoms with Crippen LogP contribution in [0.2, 0.25) is 10.0 Å². The summed E-state index contributed by atoms with van der Waals surface area (Å²) in [6.07, 6.45) is 0. The van der Waals surface area contributed by atoms with Crippen molar-refractivity contribution in [1.82, 2.24) is 0 Å². The molecular weight excluding hydrogens is 381 g/mol. The summed E-state index contributed by atoms with van der Waals surface area (Å²) in [4.78, 5) is 14.5. The number of furan rings is 1. The highest BCUT2D eigenvalue weighted by molar-refractivity contribution is 6.36. The normalized spacial score (nSPS) is 10.9. The number of fused-ring (bicyclic) bond motifs is 1. The van der Waals surface area contributed by atoms with E-state index < -0.39 is 0 Å². The number of halogens is 2. The van der Waals surface area contributed by atoms with Crippen molar-refractivity contribution in [3.63, 3.8) is 0 Å². The molecule has 1 aromatic heterocycles. The molecule has 0 spiro atoms. The molecule has 0 aliphatic rings. The first-order valence-corrected chi connectivity index (χ1v) is 9.11. The van der Waals surface area contributed by atoms with Crippen molar-refractivity contribution in [2.75, 3.05) is 11.9 Å². The Balaban J connectivity index is 1.68. The summed E-state index contributed by atoms with van der Waals surface area (Å²) in [5.41, 5.74) is 1.51. The van der Waals surface area contributed by atoms with E-state index in [1.54, 1.807) is 42.3 Å². The number of carbonyl (C=O) groups excluding carboxylic acids is 1. The molecule has 0 radical (unpaired) electrons. The van der Waals surface area contributed by atoms with Crippen molar-refractivity contribution in [2.24, 2.45) is 0 Å². The minimum atomic E-state index is -0.234. The molecule has 0 aliphatic carbocycles. The van der Waals surface area contributed by atoms with Crippen LogP contribution < -0.4 is 4.90 Å². The number of amides is 1. The second kappa shape index (κ2) is 7.10. The van der Waals surface area contributed by atoms with Gasteiger partial charge in [-0.1, -0.05) is 59.6 Å². The van der Waals surface area contributed by atoms with Crippen molar-refractivity contribution in [2.45, 2.75) is 0 Å². The van der Waals surface area contributed by atoms with Gasteiger partial charge in [-0.3, -0.25) is 4.79 Å². The highest BCUT2D eigenvalue weighted by atomic mass is 35.5. The van der Waals surface area contributed by atoms with Crippen LogP contribution in [-0.2, 0) is 0 Å². The van der Waals surface area contributed by atoms with E-state index in [1.807, 2.05) is 42.5 Å². The van der Waals surface area contributed by atoms with Crippen LogP contribution in [0.5, 0.6) is 0 Å². The van der Waals surface area contributed by atoms with Crippen LogP contribution in [0.15, 0.2) is 77.2 Å². The van der Waals surface area contributed by atoms with Crippen LogP contribution in [0.1, 0.15) is 10.6 Å². The average molecular weight is 396 g/mol. The van der Waals surface area contributed by atoms with E-state index in [2.05, 4.69) is 0 Å². The zero-order valence-electron chi connectivity index (χ0n) is 14.4. The monoisotopic (exact) mass is 395 g/mol. The van der Waals surface area contributed by atoms with Gasteiger partial charge < -0.3 is 9.32 Å². The summed E-state index contributed by atoms with van der Waals surface area (Å²) in [5, 5.41) is 3.09. The van der Waals surface area contributed by atoms with E-state index in [1.165, 1.54) is 0 Å². The Hall–Kier alpha value is -2.75. The van der Waals surface area contributed by atoms with E-state index in [9.17, 15) is 4.79 Å². The molecule has 134 valence electrons. The summed E-state index contributed by atoms with van der Waals surface area (Å²) in [5.74, 6) is 0.528. The third-order valence-electron chi connectivity index (χ3n) is 4.45. The standard InChI is InChI=1S/C22H15Cl2NO2/c1-25(19-8-4-6-14-5-2-3-7-16(14)19)22(26)21-12-11-20(27-21)17-10-9-15(23)13-18(17)24/h2-13H,1H3. The summed E-state index contributed by atoms with van der Waals surface area (Å²) in [6, 6.07) is 22.4. The van der Waals surface area contributed by atoms with E-state index in [-0.39, 0.29) is 11.7 Å². The Bertz CT molecular complexity index is 1140. The molecule has 1 amide bonds. The molecule has 0 atom stereocenters. The molecule has 0 unspecified atom stereocenters. The Morgan fingerprint density at radius 2 is 1.70 bits per heavy atom. The summed E-state index contributed by atoms with van der Waals surface area (Å²) < 4.78 is 5.79. The number of carbonyl (C=O) groups is 1. The van der Waals surface area contributed by atoms with Gasteiger partial charge in [-0.25, -0.2) is 0 Å². The predicted octanol–water partition coefficient (Wildman–Crippen LogP) is 6.68. The van der Waals surface area contributed by atoms with Crippen molar-refractivity contribution >= 4 is 45.6 Å². The summed E-state index contributed by atoms with van der Waals surface area (Å²) in [6.45, 7) is 0. The molecule has 0 N–H and O–H groups in total. The van der Waals surface area contributed by atoms with E-state index in [0.29, 0.717) is 21.4 Å². The second-order valence-corrected chi connectivity index (χ2v) is 6.99. The van der Waals surface area contributed by atoms with Crippen LogP contribution in [0.25, 0.3) is 22.1 Å². The second-order valence-electron chi connectivity index (χ2n) is 6.15. The fourth-order valence-corrected chi connectivity index (χ4v) is 3.56. The van der Waals surface area contributed by atoms with E-state index in [0.717, 1.165) is 16.5 Å². The molecule has 4 aromatic rings. The number of benzene rings is 3. The first kappa shape index (κ1) is 17.7. The lowest BCUT2D eigenvalue weighted by Crippen LogP contribution is -2.25. The number of nitrogens with zero attached hydrogens (tertiary/aromatic N) is 1. The van der Waals surface area contributed by atoms with E-state index >= 15 is 0 Å². The van der Waals surface area contributed by atoms with Crippen molar-refractivity contribution in [3.05, 3.63) is 88.6 Å². The topological polar surface area (TPSA) is 33.5 Å². The zero-order valence-corrected chi connectivity index (χ0v) is 16.0. The molecule has 5 heteroatoms. The van der Waals surface area contributed by atoms with Crippen LogP contribution in [0.3, 0.4) is 0 Å². The Labute approximate surface area is 166 Å². The molecule has 0 saturated heterocycles. The van der Waals surface area contributed by atoms with Gasteiger partial charge in [0.15, 0.2) is 5.76 Å². The fraction of sp³-hybridized carbons (Fsp3) is 0.0455. The maximum atomic E-state index is 13.0. The van der Waals surface area contributed by atoms with Gasteiger partial charge in [-0.05, 0) is 41.8 Å². The minimum absolute atomic E-state index is 0.234. The first-order valence-electron chi connectivity index (χ1n) is 8.35. The van der Waals surface area contributed by atoms with Gasteiger partial charge in [0, 0.05) is 23.0 Å². The van der Waals surface area contributed by atoms with Gasteiger partial charge in [0.2, 0.25) is 0 Å². The Kier molecular flexibility index (Phi) is 4.65. The van der Waals surface area contributed by atoms with Gasteiger partial charge in [0.05, 0.1) is 10.7 Å². The van der Waals surface area contributed by atoms with Gasteiger partial charge in [0.1, 0.15) is 5.76 Å². The lowest BCUT2D eigenvalue weighted by molar-refractivity contribution is 0.0967. The average Bonchev–Trinajstić information content (AvgIpc) is 3.16. The van der Waals surface area contributed by atoms with Crippen LogP contribution >= 0.6 is 23.2 Å². The third kappa shape index (κ3) is 3.32. The first-order chi connectivity index (χ1) is 13.0. The summed E-state index contributed by atoms with van der Waals surface area (Å²) >= 11 is 12.2. The zero-order chi connectivity index (χ0) is 19.0. The van der Waals surface area contributed by atoms with Crippen molar-refractivity contribution in [3.8, 4) is 11.3 Å². The van der Waals surface area contributed by atoms with Gasteiger partial charge >= 0.3 is 0 Å². The van der Waals surface area contributed by atoms with Gasteiger partial charge in [-0.15, -0.1) is 0 Å². The SMILES string of the molecule is CN(C(=O)c1ccc(-c2ccc(Cl)cc2Cl)o1)c1cccc2ccccc12. The largest absolute Gasteiger partial charge is 0.451 e. The molecule has 0 bridgehead atoms. The predicted molar refractivity (Wildman–Crippen MR) is 111 cm³/mol. The molecule has 4 rings (SSSR count). The van der Waals surface area contributed by atoms with Gasteiger partial charge in [0.25, 0.3) is 5.91 Å². The highest BCUT2D eigenvalue weighted by Crippen LogP contribution is 2.32. The number of anilines is 1. The lowest BCUT2D eigenvalue weighted by Gasteiger charge is -2.18. The maximum absolute atomic E-state index is 13.0. The highest BCUT2D eigenvalue weighted by Gasteiger charge is 2.20. The molecule has 3 aromatic carbocycles. The summed E-state index contributed by atoms with van der Waals surface area (Å²) in [7, 11) is 1.74. The molecule has 0 fully saturated rings. The Morgan fingerprint density at radius 1 is 0.926 bits per heavy atom. The molecule has 1 heterocycles. The quantitative estimate of drug-likeness (QED) is 0.387. The number of hydrogen-bond acceptors (Lipinski definition) is 2. The fourth-order valence-electron chi connectivity index (χ4n) is 3.06.